The van der Waals surface area contributed by atoms with Crippen LogP contribution >= 0.6 is 23.2 Å². The Labute approximate surface area is 123 Å². The van der Waals surface area contributed by atoms with E-state index in [4.69, 9.17) is 23.2 Å². The molecule has 1 aromatic carbocycles. The summed E-state index contributed by atoms with van der Waals surface area (Å²) in [7, 11) is 0. The first-order valence-electron chi connectivity index (χ1n) is 5.69. The summed E-state index contributed by atoms with van der Waals surface area (Å²) in [5, 5.41) is 0.503. The largest absolute Gasteiger partial charge is 0.360 e. The summed E-state index contributed by atoms with van der Waals surface area (Å²) < 4.78 is 12.9. The zero-order valence-corrected chi connectivity index (χ0v) is 11.5. The summed E-state index contributed by atoms with van der Waals surface area (Å²) in [5.41, 5.74) is 1.22. The molecule has 3 rings (SSSR count). The van der Waals surface area contributed by atoms with Crippen molar-refractivity contribution in [3.05, 3.63) is 62.9 Å². The van der Waals surface area contributed by atoms with E-state index in [9.17, 15) is 9.18 Å². The minimum Gasteiger partial charge on any atom is -0.360 e. The Morgan fingerprint density at radius 1 is 1.15 bits per heavy atom. The quantitative estimate of drug-likeness (QED) is 0.690. The molecule has 100 valence electrons. The molecule has 0 saturated heterocycles. The van der Waals surface area contributed by atoms with Crippen LogP contribution in [0.2, 0.25) is 10.3 Å². The van der Waals surface area contributed by atoms with Crippen molar-refractivity contribution in [3.8, 4) is 11.1 Å². The summed E-state index contributed by atoms with van der Waals surface area (Å²) in [5.74, 6) is -0.363. The van der Waals surface area contributed by atoms with Crippen LogP contribution in [-0.4, -0.2) is 9.97 Å². The van der Waals surface area contributed by atoms with Gasteiger partial charge in [0.25, 0.3) is 0 Å². The van der Waals surface area contributed by atoms with Gasteiger partial charge in [-0.1, -0.05) is 35.3 Å². The number of rotatable bonds is 1. The average molecular weight is 309 g/mol. The van der Waals surface area contributed by atoms with Gasteiger partial charge in [-0.05, 0) is 23.8 Å². The summed E-state index contributed by atoms with van der Waals surface area (Å²) in [6.07, 6.45) is 1.55. The van der Waals surface area contributed by atoms with Gasteiger partial charge in [0.2, 0.25) is 0 Å². The van der Waals surface area contributed by atoms with Crippen LogP contribution in [0.5, 0.6) is 0 Å². The van der Waals surface area contributed by atoms with E-state index in [0.717, 1.165) is 0 Å². The van der Waals surface area contributed by atoms with Gasteiger partial charge >= 0.3 is 0 Å². The van der Waals surface area contributed by atoms with E-state index in [1.165, 1.54) is 30.3 Å². The van der Waals surface area contributed by atoms with Crippen molar-refractivity contribution in [2.45, 2.75) is 0 Å². The van der Waals surface area contributed by atoms with Gasteiger partial charge < -0.3 is 4.98 Å². The first-order chi connectivity index (χ1) is 9.56. The van der Waals surface area contributed by atoms with E-state index in [-0.39, 0.29) is 26.9 Å². The third-order valence-electron chi connectivity index (χ3n) is 2.94. The topological polar surface area (TPSA) is 45.8 Å². The molecule has 0 aliphatic rings. The number of halogens is 3. The molecule has 0 saturated carbocycles. The number of nitrogens with zero attached hydrogens (tertiary/aromatic N) is 1. The lowest BCUT2D eigenvalue weighted by molar-refractivity contribution is 0.628. The lowest BCUT2D eigenvalue weighted by Crippen LogP contribution is -2.07. The van der Waals surface area contributed by atoms with Crippen molar-refractivity contribution in [1.29, 1.82) is 0 Å². The zero-order chi connectivity index (χ0) is 14.3. The third kappa shape index (κ3) is 2.17. The molecule has 2 aromatic heterocycles. The second-order valence-electron chi connectivity index (χ2n) is 4.20. The second kappa shape index (κ2) is 4.89. The Bertz CT molecular complexity index is 859. The van der Waals surface area contributed by atoms with Crippen LogP contribution in [-0.2, 0) is 0 Å². The van der Waals surface area contributed by atoms with Gasteiger partial charge in [0.1, 0.15) is 16.1 Å². The highest BCUT2D eigenvalue weighted by molar-refractivity contribution is 6.36. The number of benzene rings is 1. The Balaban J connectivity index is 2.31. The molecule has 3 nitrogen and oxygen atoms in total. The number of fused-ring (bicyclic) bond motifs is 1. The Morgan fingerprint density at radius 2 is 1.85 bits per heavy atom. The van der Waals surface area contributed by atoms with Crippen LogP contribution in [0.15, 0.2) is 41.3 Å². The molecule has 20 heavy (non-hydrogen) atoms. The van der Waals surface area contributed by atoms with Gasteiger partial charge in [0.05, 0.1) is 10.9 Å². The summed E-state index contributed by atoms with van der Waals surface area (Å²) in [6.45, 7) is 0. The molecule has 0 atom stereocenters. The van der Waals surface area contributed by atoms with Gasteiger partial charge in [0.15, 0.2) is 5.43 Å². The van der Waals surface area contributed by atoms with Gasteiger partial charge in [-0.15, -0.1) is 0 Å². The molecule has 0 amide bonds. The number of nitrogens with one attached hydrogen (secondary N) is 1. The highest BCUT2D eigenvalue weighted by atomic mass is 35.5. The van der Waals surface area contributed by atoms with E-state index in [1.54, 1.807) is 6.20 Å². The Kier molecular flexibility index (Phi) is 3.20. The monoisotopic (exact) mass is 308 g/mol. The SMILES string of the molecule is O=c1c(-c2ccc(F)cc2)c[nH]c2cc(Cl)nc(Cl)c12. The fourth-order valence-electron chi connectivity index (χ4n) is 2.01. The minimum absolute atomic E-state index is 0.0395. The number of H-pyrrole nitrogens is 1. The first kappa shape index (κ1) is 13.1. The highest BCUT2D eigenvalue weighted by Crippen LogP contribution is 2.23. The summed E-state index contributed by atoms with van der Waals surface area (Å²) in [4.78, 5) is 19.3. The number of hydrogen-bond acceptors (Lipinski definition) is 2. The molecule has 0 aliphatic heterocycles. The second-order valence-corrected chi connectivity index (χ2v) is 4.94. The van der Waals surface area contributed by atoms with Crippen molar-refractivity contribution < 1.29 is 4.39 Å². The van der Waals surface area contributed by atoms with E-state index < -0.39 is 0 Å². The van der Waals surface area contributed by atoms with E-state index in [2.05, 4.69) is 9.97 Å². The van der Waals surface area contributed by atoms with Crippen molar-refractivity contribution in [2.24, 2.45) is 0 Å². The molecular weight excluding hydrogens is 302 g/mol. The van der Waals surface area contributed by atoms with Crippen LogP contribution in [0.1, 0.15) is 0 Å². The van der Waals surface area contributed by atoms with Crippen LogP contribution in [0.25, 0.3) is 22.0 Å². The number of aromatic amines is 1. The van der Waals surface area contributed by atoms with E-state index in [0.29, 0.717) is 16.6 Å². The molecule has 0 radical (unpaired) electrons. The Morgan fingerprint density at radius 3 is 2.55 bits per heavy atom. The molecule has 0 unspecified atom stereocenters. The molecule has 3 aromatic rings. The normalized spacial score (nSPS) is 10.9. The highest BCUT2D eigenvalue weighted by Gasteiger charge is 2.12. The maximum absolute atomic E-state index is 12.9. The molecule has 0 bridgehead atoms. The summed E-state index contributed by atoms with van der Waals surface area (Å²) in [6, 6.07) is 7.17. The van der Waals surface area contributed by atoms with Crippen molar-refractivity contribution >= 4 is 34.1 Å². The first-order valence-corrected chi connectivity index (χ1v) is 6.45. The maximum Gasteiger partial charge on any atom is 0.200 e. The fraction of sp³-hybridized carbons (Fsp3) is 0. The predicted octanol–water partition coefficient (Wildman–Crippen LogP) is 4.04. The smallest absolute Gasteiger partial charge is 0.200 e. The molecule has 0 fully saturated rings. The third-order valence-corrected chi connectivity index (χ3v) is 3.41. The maximum atomic E-state index is 12.9. The molecule has 6 heteroatoms. The van der Waals surface area contributed by atoms with Gasteiger partial charge in [-0.2, -0.15) is 0 Å². The van der Waals surface area contributed by atoms with Crippen LogP contribution in [0.3, 0.4) is 0 Å². The standard InChI is InChI=1S/C14H7Cl2FN2O/c15-11-5-10-12(14(16)19-11)13(20)9(6-18-10)7-1-3-8(17)4-2-7/h1-6H,(H,18,20). The average Bonchev–Trinajstić information content (AvgIpc) is 2.39. The van der Waals surface area contributed by atoms with Crippen molar-refractivity contribution in [2.75, 3.05) is 0 Å². The van der Waals surface area contributed by atoms with E-state index >= 15 is 0 Å². The predicted molar refractivity (Wildman–Crippen MR) is 77.8 cm³/mol. The Hall–Kier alpha value is -1.91. The number of aromatic nitrogens is 2. The van der Waals surface area contributed by atoms with Gasteiger partial charge in [0, 0.05) is 11.8 Å². The van der Waals surface area contributed by atoms with Gasteiger partial charge in [-0.3, -0.25) is 4.79 Å². The molecule has 1 N–H and O–H groups in total. The van der Waals surface area contributed by atoms with E-state index in [1.807, 2.05) is 0 Å². The molecule has 2 heterocycles. The molecule has 0 spiro atoms. The minimum atomic E-state index is -0.363. The zero-order valence-electron chi connectivity index (χ0n) is 9.95. The molecular formula is C14H7Cl2FN2O. The lowest BCUT2D eigenvalue weighted by atomic mass is 10.1. The molecule has 0 aliphatic carbocycles. The number of hydrogen-bond donors (Lipinski definition) is 1. The van der Waals surface area contributed by atoms with Crippen LogP contribution in [0.4, 0.5) is 4.39 Å². The lowest BCUT2D eigenvalue weighted by Gasteiger charge is -2.05. The van der Waals surface area contributed by atoms with Crippen molar-refractivity contribution in [1.82, 2.24) is 9.97 Å². The van der Waals surface area contributed by atoms with Crippen LogP contribution in [0, 0.1) is 5.82 Å². The van der Waals surface area contributed by atoms with Gasteiger partial charge in [-0.25, -0.2) is 9.37 Å². The van der Waals surface area contributed by atoms with Crippen LogP contribution < -0.4 is 5.43 Å². The fourth-order valence-corrected chi connectivity index (χ4v) is 2.52. The van der Waals surface area contributed by atoms with Crippen molar-refractivity contribution in [3.63, 3.8) is 0 Å². The number of pyridine rings is 2. The summed E-state index contributed by atoms with van der Waals surface area (Å²) >= 11 is 11.8.